The molecule has 0 saturated carbocycles. The van der Waals surface area contributed by atoms with Gasteiger partial charge in [0, 0.05) is 18.8 Å². The van der Waals surface area contributed by atoms with E-state index in [9.17, 15) is 9.50 Å². The molecule has 0 radical (unpaired) electrons. The molecule has 1 unspecified atom stereocenters. The predicted octanol–water partition coefficient (Wildman–Crippen LogP) is 2.81. The van der Waals surface area contributed by atoms with Crippen LogP contribution in [0.3, 0.4) is 0 Å². The molecule has 0 amide bonds. The number of rotatable bonds is 4. The van der Waals surface area contributed by atoms with Crippen LogP contribution in [0, 0.1) is 12.7 Å². The van der Waals surface area contributed by atoms with Gasteiger partial charge < -0.3 is 9.84 Å². The number of aliphatic hydroxyl groups is 1. The van der Waals surface area contributed by atoms with Crippen LogP contribution >= 0.6 is 0 Å². The molecule has 2 rings (SSSR count). The maximum atomic E-state index is 13.6. The van der Waals surface area contributed by atoms with Crippen LogP contribution in [0.1, 0.15) is 22.8 Å². The van der Waals surface area contributed by atoms with E-state index in [1.165, 1.54) is 13.2 Å². The van der Waals surface area contributed by atoms with E-state index in [4.69, 9.17) is 4.74 Å². The van der Waals surface area contributed by atoms with Crippen LogP contribution in [-0.2, 0) is 6.42 Å². The van der Waals surface area contributed by atoms with E-state index in [2.05, 4.69) is 4.98 Å². The third-order valence-electron chi connectivity index (χ3n) is 3.07. The van der Waals surface area contributed by atoms with Gasteiger partial charge in [-0.1, -0.05) is 6.07 Å². The Kier molecular flexibility index (Phi) is 4.12. The van der Waals surface area contributed by atoms with Gasteiger partial charge in [0.1, 0.15) is 0 Å². The molecular weight excluding hydrogens is 245 g/mol. The van der Waals surface area contributed by atoms with Crippen molar-refractivity contribution in [2.75, 3.05) is 7.11 Å². The van der Waals surface area contributed by atoms with E-state index in [-0.39, 0.29) is 5.75 Å². The summed E-state index contributed by atoms with van der Waals surface area (Å²) in [5.74, 6) is -0.211. The number of nitrogens with zero attached hydrogens (tertiary/aromatic N) is 1. The average Bonchev–Trinajstić information content (AvgIpc) is 2.39. The molecule has 19 heavy (non-hydrogen) atoms. The SMILES string of the molecule is COc1ccc(CC(O)c2ccncc2C)cc1F. The van der Waals surface area contributed by atoms with Gasteiger partial charge >= 0.3 is 0 Å². The summed E-state index contributed by atoms with van der Waals surface area (Å²) in [6.45, 7) is 1.89. The summed E-state index contributed by atoms with van der Waals surface area (Å²) in [7, 11) is 1.42. The van der Waals surface area contributed by atoms with Crippen LogP contribution in [0.5, 0.6) is 5.75 Å². The van der Waals surface area contributed by atoms with Gasteiger partial charge in [-0.25, -0.2) is 4.39 Å². The lowest BCUT2D eigenvalue weighted by Gasteiger charge is -2.13. The summed E-state index contributed by atoms with van der Waals surface area (Å²) in [4.78, 5) is 3.98. The highest BCUT2D eigenvalue weighted by Crippen LogP contribution is 2.24. The normalized spacial score (nSPS) is 12.2. The largest absolute Gasteiger partial charge is 0.494 e. The number of ether oxygens (including phenoxy) is 1. The first kappa shape index (κ1) is 13.5. The van der Waals surface area contributed by atoms with E-state index in [1.807, 2.05) is 6.92 Å². The first-order valence-electron chi connectivity index (χ1n) is 6.03. The van der Waals surface area contributed by atoms with E-state index in [0.717, 1.165) is 16.7 Å². The van der Waals surface area contributed by atoms with Gasteiger partial charge in [0.15, 0.2) is 11.6 Å². The highest BCUT2D eigenvalue weighted by atomic mass is 19.1. The van der Waals surface area contributed by atoms with Crippen LogP contribution in [0.2, 0.25) is 0 Å². The minimum Gasteiger partial charge on any atom is -0.494 e. The van der Waals surface area contributed by atoms with Crippen molar-refractivity contribution in [2.45, 2.75) is 19.4 Å². The maximum Gasteiger partial charge on any atom is 0.165 e. The molecule has 3 nitrogen and oxygen atoms in total. The molecule has 0 fully saturated rings. The zero-order valence-electron chi connectivity index (χ0n) is 10.9. The van der Waals surface area contributed by atoms with Crippen molar-refractivity contribution in [3.8, 4) is 5.75 Å². The molecule has 1 atom stereocenters. The molecule has 1 aromatic carbocycles. The summed E-state index contributed by atoms with van der Waals surface area (Å²) in [6.07, 6.45) is 3.02. The van der Waals surface area contributed by atoms with E-state index in [0.29, 0.717) is 6.42 Å². The van der Waals surface area contributed by atoms with Gasteiger partial charge in [0.05, 0.1) is 13.2 Å². The monoisotopic (exact) mass is 261 g/mol. The minimum absolute atomic E-state index is 0.207. The second-order valence-electron chi connectivity index (χ2n) is 4.42. The molecule has 0 spiro atoms. The Labute approximate surface area is 111 Å². The quantitative estimate of drug-likeness (QED) is 0.920. The lowest BCUT2D eigenvalue weighted by molar-refractivity contribution is 0.177. The number of aromatic nitrogens is 1. The first-order chi connectivity index (χ1) is 9.11. The third kappa shape index (κ3) is 3.09. The van der Waals surface area contributed by atoms with Gasteiger partial charge in [-0.2, -0.15) is 0 Å². The lowest BCUT2D eigenvalue weighted by atomic mass is 9.99. The fraction of sp³-hybridized carbons (Fsp3) is 0.267. The molecule has 0 saturated heterocycles. The van der Waals surface area contributed by atoms with E-state index < -0.39 is 11.9 Å². The second-order valence-corrected chi connectivity index (χ2v) is 4.42. The third-order valence-corrected chi connectivity index (χ3v) is 3.07. The zero-order valence-corrected chi connectivity index (χ0v) is 10.9. The van der Waals surface area contributed by atoms with Crippen molar-refractivity contribution in [1.82, 2.24) is 4.98 Å². The highest BCUT2D eigenvalue weighted by molar-refractivity contribution is 5.31. The fourth-order valence-electron chi connectivity index (χ4n) is 2.03. The predicted molar refractivity (Wildman–Crippen MR) is 70.6 cm³/mol. The molecule has 2 aromatic rings. The molecule has 4 heteroatoms. The van der Waals surface area contributed by atoms with Crippen LogP contribution in [0.15, 0.2) is 36.7 Å². The summed E-state index contributed by atoms with van der Waals surface area (Å²) in [6, 6.07) is 6.48. The Morgan fingerprint density at radius 3 is 2.79 bits per heavy atom. The summed E-state index contributed by atoms with van der Waals surface area (Å²) >= 11 is 0. The first-order valence-corrected chi connectivity index (χ1v) is 6.03. The number of hydrogen-bond acceptors (Lipinski definition) is 3. The standard InChI is InChI=1S/C15H16FNO2/c1-10-9-17-6-5-12(10)14(18)8-11-3-4-15(19-2)13(16)7-11/h3-7,9,14,18H,8H2,1-2H3. The van der Waals surface area contributed by atoms with Crippen LogP contribution < -0.4 is 4.74 Å². The maximum absolute atomic E-state index is 13.6. The molecule has 1 aromatic heterocycles. The summed E-state index contributed by atoms with van der Waals surface area (Å²) < 4.78 is 18.4. The summed E-state index contributed by atoms with van der Waals surface area (Å²) in [5, 5.41) is 10.2. The van der Waals surface area contributed by atoms with Crippen molar-refractivity contribution in [2.24, 2.45) is 0 Å². The van der Waals surface area contributed by atoms with E-state index in [1.54, 1.807) is 30.6 Å². The van der Waals surface area contributed by atoms with Crippen molar-refractivity contribution < 1.29 is 14.2 Å². The Morgan fingerprint density at radius 2 is 2.16 bits per heavy atom. The average molecular weight is 261 g/mol. The molecule has 0 aliphatic carbocycles. The van der Waals surface area contributed by atoms with Gasteiger partial charge in [0.25, 0.3) is 0 Å². The Bertz CT molecular complexity index is 572. The number of benzene rings is 1. The molecule has 0 bridgehead atoms. The zero-order chi connectivity index (χ0) is 13.8. The molecule has 0 aliphatic heterocycles. The van der Waals surface area contributed by atoms with Gasteiger partial charge in [0.2, 0.25) is 0 Å². The van der Waals surface area contributed by atoms with Gasteiger partial charge in [-0.05, 0) is 41.8 Å². The van der Waals surface area contributed by atoms with Gasteiger partial charge in [-0.3, -0.25) is 4.98 Å². The number of halogens is 1. The minimum atomic E-state index is -0.671. The van der Waals surface area contributed by atoms with Crippen molar-refractivity contribution in [1.29, 1.82) is 0 Å². The number of pyridine rings is 1. The Hall–Kier alpha value is -1.94. The fourth-order valence-corrected chi connectivity index (χ4v) is 2.03. The molecule has 100 valence electrons. The number of aliphatic hydroxyl groups excluding tert-OH is 1. The second kappa shape index (κ2) is 5.80. The van der Waals surface area contributed by atoms with E-state index >= 15 is 0 Å². The van der Waals surface area contributed by atoms with Crippen molar-refractivity contribution in [3.63, 3.8) is 0 Å². The summed E-state index contributed by atoms with van der Waals surface area (Å²) in [5.41, 5.74) is 2.46. The molecule has 1 N–H and O–H groups in total. The van der Waals surface area contributed by atoms with Crippen LogP contribution in [0.25, 0.3) is 0 Å². The van der Waals surface area contributed by atoms with Crippen molar-refractivity contribution >= 4 is 0 Å². The topological polar surface area (TPSA) is 42.4 Å². The van der Waals surface area contributed by atoms with Crippen molar-refractivity contribution in [3.05, 3.63) is 59.2 Å². The smallest absolute Gasteiger partial charge is 0.165 e. The Morgan fingerprint density at radius 1 is 1.37 bits per heavy atom. The number of methoxy groups -OCH3 is 1. The van der Waals surface area contributed by atoms with Crippen LogP contribution in [-0.4, -0.2) is 17.2 Å². The Balaban J connectivity index is 2.17. The molecule has 0 aliphatic rings. The highest BCUT2D eigenvalue weighted by Gasteiger charge is 2.12. The molecular formula is C15H16FNO2. The van der Waals surface area contributed by atoms with Gasteiger partial charge in [-0.15, -0.1) is 0 Å². The van der Waals surface area contributed by atoms with Crippen LogP contribution in [0.4, 0.5) is 4.39 Å². The number of aryl methyl sites for hydroxylation is 1. The lowest BCUT2D eigenvalue weighted by Crippen LogP contribution is -2.04. The molecule has 1 heterocycles. The number of hydrogen-bond donors (Lipinski definition) is 1.